The molecule has 0 aromatic rings. The molecular formula is C8H16O2S2. The van der Waals surface area contributed by atoms with Gasteiger partial charge in [0.15, 0.2) is 0 Å². The van der Waals surface area contributed by atoms with Crippen LogP contribution in [-0.4, -0.2) is 24.1 Å². The molecule has 0 bridgehead atoms. The van der Waals surface area contributed by atoms with Gasteiger partial charge in [0.25, 0.3) is 0 Å². The molecule has 0 amide bonds. The van der Waals surface area contributed by atoms with Crippen LogP contribution < -0.4 is 0 Å². The highest BCUT2D eigenvalue weighted by Crippen LogP contribution is 1.98. The lowest BCUT2D eigenvalue weighted by molar-refractivity contribution is -0.143. The second kappa shape index (κ2) is 9.26. The van der Waals surface area contributed by atoms with Crippen molar-refractivity contribution in [2.45, 2.75) is 25.7 Å². The fraction of sp³-hybridized carbons (Fsp3) is 0.875. The standard InChI is InChI=1S/C8H16O2S2/c9-8(4-7-12)10-5-2-1-3-6-11/h11-12H,1-7H2. The molecule has 0 radical (unpaired) electrons. The zero-order valence-electron chi connectivity index (χ0n) is 7.16. The van der Waals surface area contributed by atoms with E-state index in [-0.39, 0.29) is 5.97 Å². The number of unbranched alkanes of at least 4 members (excludes halogenated alkanes) is 2. The van der Waals surface area contributed by atoms with Gasteiger partial charge in [-0.25, -0.2) is 0 Å². The van der Waals surface area contributed by atoms with Gasteiger partial charge < -0.3 is 4.74 Å². The Morgan fingerprint density at radius 2 is 1.83 bits per heavy atom. The van der Waals surface area contributed by atoms with E-state index < -0.39 is 0 Å². The molecule has 0 heterocycles. The molecule has 0 saturated heterocycles. The van der Waals surface area contributed by atoms with Gasteiger partial charge in [0.05, 0.1) is 13.0 Å². The monoisotopic (exact) mass is 208 g/mol. The van der Waals surface area contributed by atoms with Crippen molar-refractivity contribution in [2.75, 3.05) is 18.1 Å². The third-order valence-electron chi connectivity index (χ3n) is 1.38. The Morgan fingerprint density at radius 1 is 1.08 bits per heavy atom. The summed E-state index contributed by atoms with van der Waals surface area (Å²) in [7, 11) is 0. The average Bonchev–Trinajstić information content (AvgIpc) is 2.05. The van der Waals surface area contributed by atoms with Gasteiger partial charge in [0, 0.05) is 5.75 Å². The summed E-state index contributed by atoms with van der Waals surface area (Å²) >= 11 is 8.01. The Bertz CT molecular complexity index is 118. The number of thiol groups is 2. The largest absolute Gasteiger partial charge is 0.466 e. The quantitative estimate of drug-likeness (QED) is 0.380. The van der Waals surface area contributed by atoms with Crippen molar-refractivity contribution in [1.82, 2.24) is 0 Å². The molecule has 2 nitrogen and oxygen atoms in total. The lowest BCUT2D eigenvalue weighted by Gasteiger charge is -2.02. The minimum atomic E-state index is -0.143. The van der Waals surface area contributed by atoms with E-state index >= 15 is 0 Å². The average molecular weight is 208 g/mol. The molecule has 0 aromatic carbocycles. The number of carbonyl (C=O) groups is 1. The summed E-state index contributed by atoms with van der Waals surface area (Å²) in [6, 6.07) is 0. The molecule has 0 aromatic heterocycles. The highest BCUT2D eigenvalue weighted by molar-refractivity contribution is 7.80. The van der Waals surface area contributed by atoms with E-state index in [0.717, 1.165) is 25.0 Å². The summed E-state index contributed by atoms with van der Waals surface area (Å²) < 4.78 is 4.92. The van der Waals surface area contributed by atoms with Crippen molar-refractivity contribution < 1.29 is 9.53 Å². The molecule has 0 aliphatic carbocycles. The second-order valence-electron chi connectivity index (χ2n) is 2.48. The number of rotatable bonds is 7. The van der Waals surface area contributed by atoms with Crippen LogP contribution in [0.15, 0.2) is 0 Å². The molecule has 0 aliphatic heterocycles. The van der Waals surface area contributed by atoms with Crippen LogP contribution in [0.25, 0.3) is 0 Å². The summed E-state index contributed by atoms with van der Waals surface area (Å²) in [5.41, 5.74) is 0. The SMILES string of the molecule is O=C(CCS)OCCCCCS. The molecule has 72 valence electrons. The summed E-state index contributed by atoms with van der Waals surface area (Å²) in [4.78, 5) is 10.8. The van der Waals surface area contributed by atoms with Crippen molar-refractivity contribution in [1.29, 1.82) is 0 Å². The molecule has 0 rings (SSSR count). The number of ether oxygens (including phenoxy) is 1. The van der Waals surface area contributed by atoms with E-state index in [0.29, 0.717) is 18.8 Å². The van der Waals surface area contributed by atoms with Crippen LogP contribution in [0.2, 0.25) is 0 Å². The first-order valence-corrected chi connectivity index (χ1v) is 5.45. The molecule has 0 N–H and O–H groups in total. The Labute approximate surface area is 84.9 Å². The fourth-order valence-corrected chi connectivity index (χ4v) is 1.15. The van der Waals surface area contributed by atoms with E-state index in [2.05, 4.69) is 25.3 Å². The summed E-state index contributed by atoms with van der Waals surface area (Å²) in [5.74, 6) is 1.33. The van der Waals surface area contributed by atoms with E-state index in [1.807, 2.05) is 0 Å². The molecule has 0 spiro atoms. The molecule has 0 atom stereocenters. The van der Waals surface area contributed by atoms with Crippen LogP contribution in [0.3, 0.4) is 0 Å². The number of esters is 1. The van der Waals surface area contributed by atoms with Crippen LogP contribution in [0.4, 0.5) is 0 Å². The van der Waals surface area contributed by atoms with Crippen molar-refractivity contribution in [3.63, 3.8) is 0 Å². The van der Waals surface area contributed by atoms with Crippen molar-refractivity contribution in [2.24, 2.45) is 0 Å². The smallest absolute Gasteiger partial charge is 0.306 e. The van der Waals surface area contributed by atoms with Gasteiger partial charge in [0.2, 0.25) is 0 Å². The van der Waals surface area contributed by atoms with Gasteiger partial charge in [0.1, 0.15) is 0 Å². The molecular weight excluding hydrogens is 192 g/mol. The Kier molecular flexibility index (Phi) is 9.39. The maximum atomic E-state index is 10.8. The van der Waals surface area contributed by atoms with Gasteiger partial charge in [-0.1, -0.05) is 0 Å². The minimum absolute atomic E-state index is 0.143. The van der Waals surface area contributed by atoms with Gasteiger partial charge in [-0.15, -0.1) is 0 Å². The molecule has 0 fully saturated rings. The van der Waals surface area contributed by atoms with Crippen molar-refractivity contribution in [3.05, 3.63) is 0 Å². The lowest BCUT2D eigenvalue weighted by Crippen LogP contribution is -2.06. The van der Waals surface area contributed by atoms with Gasteiger partial charge in [-0.05, 0) is 25.0 Å². The highest BCUT2D eigenvalue weighted by atomic mass is 32.1. The van der Waals surface area contributed by atoms with Gasteiger partial charge in [-0.2, -0.15) is 25.3 Å². The zero-order chi connectivity index (χ0) is 9.23. The van der Waals surface area contributed by atoms with Crippen LogP contribution >= 0.6 is 25.3 Å². The third kappa shape index (κ3) is 8.27. The number of carbonyl (C=O) groups excluding carboxylic acids is 1. The normalized spacial score (nSPS) is 9.83. The molecule has 0 unspecified atom stereocenters. The first-order valence-electron chi connectivity index (χ1n) is 4.18. The van der Waals surface area contributed by atoms with E-state index in [1.165, 1.54) is 0 Å². The van der Waals surface area contributed by atoms with Crippen LogP contribution in [-0.2, 0) is 9.53 Å². The predicted molar refractivity (Wildman–Crippen MR) is 57.1 cm³/mol. The summed E-state index contributed by atoms with van der Waals surface area (Å²) in [6.07, 6.45) is 3.53. The van der Waals surface area contributed by atoms with Gasteiger partial charge >= 0.3 is 5.97 Å². The van der Waals surface area contributed by atoms with E-state index in [1.54, 1.807) is 0 Å². The maximum absolute atomic E-state index is 10.8. The maximum Gasteiger partial charge on any atom is 0.306 e. The number of hydrogen-bond acceptors (Lipinski definition) is 4. The van der Waals surface area contributed by atoms with Crippen molar-refractivity contribution >= 4 is 31.2 Å². The van der Waals surface area contributed by atoms with Crippen LogP contribution in [0, 0.1) is 0 Å². The Hall–Kier alpha value is 0.170. The first-order chi connectivity index (χ1) is 5.81. The van der Waals surface area contributed by atoms with Gasteiger partial charge in [-0.3, -0.25) is 4.79 Å². The molecule has 4 heteroatoms. The Balaban J connectivity index is 3.03. The number of hydrogen-bond donors (Lipinski definition) is 2. The third-order valence-corrected chi connectivity index (χ3v) is 1.92. The topological polar surface area (TPSA) is 26.3 Å². The minimum Gasteiger partial charge on any atom is -0.466 e. The lowest BCUT2D eigenvalue weighted by atomic mass is 10.3. The highest BCUT2D eigenvalue weighted by Gasteiger charge is 1.99. The molecule has 0 saturated carbocycles. The second-order valence-corrected chi connectivity index (χ2v) is 3.37. The van der Waals surface area contributed by atoms with Crippen LogP contribution in [0.1, 0.15) is 25.7 Å². The zero-order valence-corrected chi connectivity index (χ0v) is 8.95. The predicted octanol–water partition coefficient (Wildman–Crippen LogP) is 1.95. The Morgan fingerprint density at radius 3 is 2.42 bits per heavy atom. The van der Waals surface area contributed by atoms with E-state index in [4.69, 9.17) is 4.74 Å². The fourth-order valence-electron chi connectivity index (χ4n) is 0.740. The summed E-state index contributed by atoms with van der Waals surface area (Å²) in [6.45, 7) is 0.542. The van der Waals surface area contributed by atoms with E-state index in [9.17, 15) is 4.79 Å². The first kappa shape index (κ1) is 12.2. The molecule has 12 heavy (non-hydrogen) atoms. The van der Waals surface area contributed by atoms with Crippen molar-refractivity contribution in [3.8, 4) is 0 Å². The molecule has 0 aliphatic rings. The summed E-state index contributed by atoms with van der Waals surface area (Å²) in [5, 5.41) is 0. The van der Waals surface area contributed by atoms with Crippen LogP contribution in [0.5, 0.6) is 0 Å².